The van der Waals surface area contributed by atoms with Crippen LogP contribution in [0.2, 0.25) is 0 Å². The van der Waals surface area contributed by atoms with E-state index < -0.39 is 11.0 Å². The summed E-state index contributed by atoms with van der Waals surface area (Å²) in [6.45, 7) is 8.59. The predicted molar refractivity (Wildman–Crippen MR) is 75.9 cm³/mol. The molecule has 20 heavy (non-hydrogen) atoms. The Kier molecular flexibility index (Phi) is 5.47. The monoisotopic (exact) mass is 283 g/mol. The summed E-state index contributed by atoms with van der Waals surface area (Å²) in [4.78, 5) is 10.3. The van der Waals surface area contributed by atoms with E-state index >= 15 is 0 Å². The zero-order valence-corrected chi connectivity index (χ0v) is 12.4. The zero-order chi connectivity index (χ0) is 15.3. The Morgan fingerprint density at radius 2 is 2.10 bits per heavy atom. The lowest BCUT2D eigenvalue weighted by atomic mass is 10.1. The zero-order valence-electron chi connectivity index (χ0n) is 12.4. The van der Waals surface area contributed by atoms with Crippen LogP contribution in [0.3, 0.4) is 0 Å². The number of nitro groups is 1. The van der Waals surface area contributed by atoms with Gasteiger partial charge >= 0.3 is 0 Å². The molecule has 0 radical (unpaired) electrons. The fourth-order valence-corrected chi connectivity index (χ4v) is 1.67. The van der Waals surface area contributed by atoms with E-state index in [0.29, 0.717) is 17.9 Å². The molecular weight excluding hydrogens is 260 g/mol. The first-order valence-corrected chi connectivity index (χ1v) is 6.59. The van der Waals surface area contributed by atoms with Gasteiger partial charge in [-0.1, -0.05) is 0 Å². The van der Waals surface area contributed by atoms with Gasteiger partial charge in [0.05, 0.1) is 10.5 Å². The summed E-state index contributed by atoms with van der Waals surface area (Å²) >= 11 is 0. The largest absolute Gasteiger partial charge is 0.491 e. The number of aliphatic hydroxyl groups excluding tert-OH is 1. The van der Waals surface area contributed by atoms with Crippen molar-refractivity contribution in [1.82, 2.24) is 0 Å². The number of rotatable bonds is 6. The highest BCUT2D eigenvalue weighted by Crippen LogP contribution is 2.22. The first-order chi connectivity index (χ1) is 9.19. The van der Waals surface area contributed by atoms with E-state index in [1.54, 1.807) is 19.1 Å². The molecule has 0 aromatic heterocycles. The number of nitrogens with two attached hydrogens (primary N) is 1. The Bertz CT molecular complexity index is 469. The first-order valence-electron chi connectivity index (χ1n) is 6.59. The Morgan fingerprint density at radius 3 is 2.60 bits per heavy atom. The van der Waals surface area contributed by atoms with Crippen molar-refractivity contribution in [2.75, 3.05) is 13.2 Å². The minimum Gasteiger partial charge on any atom is -0.491 e. The predicted octanol–water partition coefficient (Wildman–Crippen LogP) is 1.00. The van der Waals surface area contributed by atoms with E-state index in [-0.39, 0.29) is 17.8 Å². The smallest absolute Gasteiger partial charge is 0.272 e. The van der Waals surface area contributed by atoms with E-state index in [9.17, 15) is 15.2 Å². The number of ether oxygens (including phenoxy) is 1. The summed E-state index contributed by atoms with van der Waals surface area (Å²) in [6.07, 6.45) is -0.579. The van der Waals surface area contributed by atoms with Crippen molar-refractivity contribution in [3.05, 3.63) is 33.9 Å². The van der Waals surface area contributed by atoms with Gasteiger partial charge in [-0.05, 0) is 39.8 Å². The second-order valence-corrected chi connectivity index (χ2v) is 5.98. The van der Waals surface area contributed by atoms with Crippen molar-refractivity contribution in [2.24, 2.45) is 0 Å². The summed E-state index contributed by atoms with van der Waals surface area (Å²) in [5.74, 6) is 0.530. The Balaban J connectivity index is 2.50. The number of quaternary nitrogens is 1. The molecule has 0 aliphatic heterocycles. The summed E-state index contributed by atoms with van der Waals surface area (Å²) in [6, 6.07) is 4.57. The molecule has 0 saturated heterocycles. The number of nitrogens with zero attached hydrogens (tertiary/aromatic N) is 1. The molecular formula is C14H23N2O4+. The van der Waals surface area contributed by atoms with Gasteiger partial charge < -0.3 is 15.2 Å². The van der Waals surface area contributed by atoms with Gasteiger partial charge in [0.2, 0.25) is 0 Å². The Morgan fingerprint density at radius 1 is 1.45 bits per heavy atom. The lowest BCUT2D eigenvalue weighted by Crippen LogP contribution is -2.96. The lowest BCUT2D eigenvalue weighted by molar-refractivity contribution is -0.722. The third kappa shape index (κ3) is 5.54. The van der Waals surface area contributed by atoms with Crippen molar-refractivity contribution in [3.8, 4) is 5.75 Å². The fourth-order valence-electron chi connectivity index (χ4n) is 1.67. The molecule has 0 spiro atoms. The average molecular weight is 283 g/mol. The molecule has 0 heterocycles. The van der Waals surface area contributed by atoms with Crippen molar-refractivity contribution in [2.45, 2.75) is 39.3 Å². The van der Waals surface area contributed by atoms with E-state index in [1.165, 1.54) is 6.07 Å². The van der Waals surface area contributed by atoms with E-state index in [1.807, 2.05) is 5.32 Å². The van der Waals surface area contributed by atoms with Gasteiger partial charge in [0.1, 0.15) is 25.0 Å². The SMILES string of the molecule is Cc1cc(OC[C@H](O)C[NH2+]C(C)(C)C)ccc1[N+](=O)[O-]. The molecule has 0 amide bonds. The van der Waals surface area contributed by atoms with Crippen LogP contribution in [0.5, 0.6) is 5.75 Å². The molecule has 112 valence electrons. The Hall–Kier alpha value is -1.66. The quantitative estimate of drug-likeness (QED) is 0.602. The van der Waals surface area contributed by atoms with Crippen LogP contribution in [-0.4, -0.2) is 34.8 Å². The minimum absolute atomic E-state index is 0.0604. The number of nitro benzene ring substituents is 1. The molecule has 0 aliphatic carbocycles. The van der Waals surface area contributed by atoms with Crippen LogP contribution in [0.15, 0.2) is 18.2 Å². The van der Waals surface area contributed by atoms with Crippen LogP contribution in [0.25, 0.3) is 0 Å². The maximum absolute atomic E-state index is 10.7. The molecule has 0 bridgehead atoms. The molecule has 1 aromatic carbocycles. The fraction of sp³-hybridized carbons (Fsp3) is 0.571. The van der Waals surface area contributed by atoms with Gasteiger partial charge in [0.25, 0.3) is 5.69 Å². The number of benzene rings is 1. The molecule has 6 nitrogen and oxygen atoms in total. The summed E-state index contributed by atoms with van der Waals surface area (Å²) in [5, 5.41) is 22.6. The maximum atomic E-state index is 10.7. The maximum Gasteiger partial charge on any atom is 0.272 e. The Labute approximate surface area is 118 Å². The molecule has 1 rings (SSSR count). The third-order valence-electron chi connectivity index (χ3n) is 2.81. The van der Waals surface area contributed by atoms with Gasteiger partial charge in [-0.15, -0.1) is 0 Å². The van der Waals surface area contributed by atoms with Crippen LogP contribution in [0.1, 0.15) is 26.3 Å². The van der Waals surface area contributed by atoms with Gasteiger partial charge in [0, 0.05) is 11.6 Å². The molecule has 1 aromatic rings. The van der Waals surface area contributed by atoms with Crippen LogP contribution < -0.4 is 10.1 Å². The number of aliphatic hydroxyl groups is 1. The second-order valence-electron chi connectivity index (χ2n) is 5.98. The van der Waals surface area contributed by atoms with Crippen LogP contribution >= 0.6 is 0 Å². The van der Waals surface area contributed by atoms with Crippen molar-refractivity contribution in [3.63, 3.8) is 0 Å². The van der Waals surface area contributed by atoms with Gasteiger partial charge in [0.15, 0.2) is 0 Å². The number of hydrogen-bond donors (Lipinski definition) is 2. The molecule has 0 saturated carbocycles. The molecule has 1 atom stereocenters. The van der Waals surface area contributed by atoms with Crippen molar-refractivity contribution >= 4 is 5.69 Å². The standard InChI is InChI=1S/C14H22N2O4/c1-10-7-12(5-6-13(10)16(18)19)20-9-11(17)8-15-14(2,3)4/h5-7,11,15,17H,8-9H2,1-4H3/p+1/t11-/m1/s1. The van der Waals surface area contributed by atoms with Gasteiger partial charge in [-0.3, -0.25) is 10.1 Å². The second kappa shape index (κ2) is 6.67. The minimum atomic E-state index is -0.579. The van der Waals surface area contributed by atoms with E-state index in [2.05, 4.69) is 20.8 Å². The topological polar surface area (TPSA) is 89.2 Å². The summed E-state index contributed by atoms with van der Waals surface area (Å²) in [5.41, 5.74) is 0.674. The van der Waals surface area contributed by atoms with E-state index in [4.69, 9.17) is 4.74 Å². The van der Waals surface area contributed by atoms with E-state index in [0.717, 1.165) is 0 Å². The molecule has 0 aliphatic rings. The summed E-state index contributed by atoms with van der Waals surface area (Å²) in [7, 11) is 0. The number of aryl methyl sites for hydroxylation is 1. The highest BCUT2D eigenvalue weighted by molar-refractivity contribution is 5.44. The molecule has 3 N–H and O–H groups in total. The highest BCUT2D eigenvalue weighted by Gasteiger charge is 2.17. The third-order valence-corrected chi connectivity index (χ3v) is 2.81. The molecule has 0 fully saturated rings. The highest BCUT2D eigenvalue weighted by atomic mass is 16.6. The number of hydrogen-bond acceptors (Lipinski definition) is 4. The van der Waals surface area contributed by atoms with Crippen LogP contribution in [0, 0.1) is 17.0 Å². The van der Waals surface area contributed by atoms with Crippen LogP contribution in [0.4, 0.5) is 5.69 Å². The normalized spacial score (nSPS) is 13.1. The molecule has 0 unspecified atom stereocenters. The lowest BCUT2D eigenvalue weighted by Gasteiger charge is -2.19. The van der Waals surface area contributed by atoms with Crippen molar-refractivity contribution in [1.29, 1.82) is 0 Å². The van der Waals surface area contributed by atoms with Gasteiger partial charge in [-0.2, -0.15) is 0 Å². The summed E-state index contributed by atoms with van der Waals surface area (Å²) < 4.78 is 5.46. The average Bonchev–Trinajstić information content (AvgIpc) is 2.32. The van der Waals surface area contributed by atoms with Crippen molar-refractivity contribution < 1.29 is 20.1 Å². The molecule has 6 heteroatoms. The first kappa shape index (κ1) is 16.4. The van der Waals surface area contributed by atoms with Gasteiger partial charge in [-0.25, -0.2) is 0 Å². The van der Waals surface area contributed by atoms with Crippen LogP contribution in [-0.2, 0) is 0 Å².